The van der Waals surface area contributed by atoms with Crippen LogP contribution >= 0.6 is 23.1 Å². The van der Waals surface area contributed by atoms with E-state index in [0.717, 1.165) is 42.9 Å². The van der Waals surface area contributed by atoms with Gasteiger partial charge in [-0.15, -0.1) is 11.3 Å². The third-order valence-corrected chi connectivity index (χ3v) is 6.89. The van der Waals surface area contributed by atoms with Crippen LogP contribution in [0.15, 0.2) is 82.7 Å². The predicted molar refractivity (Wildman–Crippen MR) is 117 cm³/mol. The molecular formula is C23H16N2O2S2. The van der Waals surface area contributed by atoms with Crippen LogP contribution in [0.3, 0.4) is 0 Å². The molecule has 29 heavy (non-hydrogen) atoms. The minimum Gasteiger partial charge on any atom is -0.508 e. The fourth-order valence-electron chi connectivity index (χ4n) is 3.25. The lowest BCUT2D eigenvalue weighted by molar-refractivity contribution is 0.102. The molecule has 4 aromatic rings. The summed E-state index contributed by atoms with van der Waals surface area (Å²) in [5, 5.41) is 13.4. The number of carbonyl (C=O) groups excluding carboxylic acids is 1. The number of aromatic nitrogens is 1. The Morgan fingerprint density at radius 2 is 1.79 bits per heavy atom. The highest BCUT2D eigenvalue weighted by molar-refractivity contribution is 7.99. The van der Waals surface area contributed by atoms with E-state index in [2.05, 4.69) is 22.4 Å². The molecule has 4 nitrogen and oxygen atoms in total. The number of nitrogens with zero attached hydrogens (tertiary/aromatic N) is 1. The Balaban J connectivity index is 1.39. The largest absolute Gasteiger partial charge is 0.508 e. The SMILES string of the molecule is O=C1Nc2cc(Cc3cnc(-c4ccc(O)cc4)s3)ccc2Sc2ccccc21. The second-order valence-electron chi connectivity index (χ2n) is 6.74. The fraction of sp³-hybridized carbons (Fsp3) is 0.0435. The average Bonchev–Trinajstić information content (AvgIpc) is 3.13. The van der Waals surface area contributed by atoms with Gasteiger partial charge in [-0.2, -0.15) is 0 Å². The molecule has 1 amide bonds. The van der Waals surface area contributed by atoms with Crippen LogP contribution in [0.25, 0.3) is 10.6 Å². The molecule has 0 atom stereocenters. The number of anilines is 1. The molecule has 0 saturated heterocycles. The van der Waals surface area contributed by atoms with Gasteiger partial charge < -0.3 is 10.4 Å². The molecular weight excluding hydrogens is 400 g/mol. The summed E-state index contributed by atoms with van der Waals surface area (Å²) >= 11 is 3.24. The maximum atomic E-state index is 12.6. The van der Waals surface area contributed by atoms with Crippen LogP contribution in [0.4, 0.5) is 5.69 Å². The first kappa shape index (κ1) is 18.0. The first-order valence-corrected chi connectivity index (χ1v) is 10.7. The molecule has 0 unspecified atom stereocenters. The first-order valence-electron chi connectivity index (χ1n) is 9.11. The molecule has 142 valence electrons. The molecule has 6 heteroatoms. The highest BCUT2D eigenvalue weighted by Gasteiger charge is 2.19. The Morgan fingerprint density at radius 1 is 0.966 bits per heavy atom. The number of phenolic OH excluding ortho intramolecular Hbond substituents is 1. The minimum atomic E-state index is -0.0728. The van der Waals surface area contributed by atoms with E-state index < -0.39 is 0 Å². The smallest absolute Gasteiger partial charge is 0.256 e. The highest BCUT2D eigenvalue weighted by Crippen LogP contribution is 2.39. The van der Waals surface area contributed by atoms with E-state index in [9.17, 15) is 9.90 Å². The van der Waals surface area contributed by atoms with E-state index in [1.54, 1.807) is 35.2 Å². The quantitative estimate of drug-likeness (QED) is 0.441. The molecule has 0 radical (unpaired) electrons. The van der Waals surface area contributed by atoms with Crippen LogP contribution < -0.4 is 5.32 Å². The zero-order chi connectivity index (χ0) is 19.8. The standard InChI is InChI=1S/C23H16N2O2S2/c26-16-8-6-15(7-9-16)23-24-13-17(28-23)11-14-5-10-21-19(12-14)25-22(27)18-3-1-2-4-20(18)29-21/h1-10,12-13,26H,11H2,(H,25,27). The molecule has 3 aromatic carbocycles. The van der Waals surface area contributed by atoms with E-state index in [1.807, 2.05) is 48.7 Å². The monoisotopic (exact) mass is 416 g/mol. The number of carbonyl (C=O) groups is 1. The van der Waals surface area contributed by atoms with Crippen LogP contribution in [-0.2, 0) is 6.42 Å². The number of fused-ring (bicyclic) bond motifs is 2. The molecule has 5 rings (SSSR count). The number of phenols is 1. The third-order valence-electron chi connectivity index (χ3n) is 4.69. The lowest BCUT2D eigenvalue weighted by Gasteiger charge is -2.08. The summed E-state index contributed by atoms with van der Waals surface area (Å²) in [5.41, 5.74) is 3.66. The van der Waals surface area contributed by atoms with Gasteiger partial charge in [0.15, 0.2) is 0 Å². The van der Waals surface area contributed by atoms with Crippen molar-refractivity contribution in [2.24, 2.45) is 0 Å². The number of amides is 1. The fourth-order valence-corrected chi connectivity index (χ4v) is 5.22. The number of benzene rings is 3. The Morgan fingerprint density at radius 3 is 2.66 bits per heavy atom. The van der Waals surface area contributed by atoms with Gasteiger partial charge in [-0.3, -0.25) is 4.79 Å². The van der Waals surface area contributed by atoms with Crippen molar-refractivity contribution >= 4 is 34.7 Å². The summed E-state index contributed by atoms with van der Waals surface area (Å²) in [6.45, 7) is 0. The second kappa shape index (κ2) is 7.39. The number of hydrogen-bond acceptors (Lipinski definition) is 5. The molecule has 0 aliphatic carbocycles. The Labute approximate surface area is 176 Å². The van der Waals surface area contributed by atoms with Crippen LogP contribution in [0.5, 0.6) is 5.75 Å². The van der Waals surface area contributed by atoms with Crippen LogP contribution in [0.2, 0.25) is 0 Å². The Kier molecular flexibility index (Phi) is 4.58. The van der Waals surface area contributed by atoms with Crippen molar-refractivity contribution in [3.63, 3.8) is 0 Å². The topological polar surface area (TPSA) is 62.2 Å². The van der Waals surface area contributed by atoms with Crippen LogP contribution in [-0.4, -0.2) is 16.0 Å². The lowest BCUT2D eigenvalue weighted by atomic mass is 10.1. The summed E-state index contributed by atoms with van der Waals surface area (Å²) in [4.78, 5) is 20.2. The van der Waals surface area contributed by atoms with E-state index in [4.69, 9.17) is 0 Å². The second-order valence-corrected chi connectivity index (χ2v) is 8.94. The van der Waals surface area contributed by atoms with Crippen molar-refractivity contribution in [2.45, 2.75) is 16.2 Å². The van der Waals surface area contributed by atoms with Gasteiger partial charge in [0.05, 0.1) is 11.3 Å². The van der Waals surface area contributed by atoms with Gasteiger partial charge in [-0.25, -0.2) is 4.98 Å². The molecule has 0 saturated carbocycles. The average molecular weight is 417 g/mol. The number of aromatic hydroxyl groups is 1. The molecule has 2 heterocycles. The van der Waals surface area contributed by atoms with E-state index in [-0.39, 0.29) is 11.7 Å². The van der Waals surface area contributed by atoms with E-state index in [1.165, 1.54) is 0 Å². The Hall–Kier alpha value is -3.09. The maximum Gasteiger partial charge on any atom is 0.256 e. The van der Waals surface area contributed by atoms with Crippen molar-refractivity contribution < 1.29 is 9.90 Å². The zero-order valence-corrected chi connectivity index (χ0v) is 16.9. The van der Waals surface area contributed by atoms with Crippen molar-refractivity contribution in [3.8, 4) is 16.3 Å². The summed E-state index contributed by atoms with van der Waals surface area (Å²) < 4.78 is 0. The molecule has 0 fully saturated rings. The molecule has 0 bridgehead atoms. The molecule has 1 aromatic heterocycles. The van der Waals surface area contributed by atoms with Gasteiger partial charge in [-0.1, -0.05) is 30.0 Å². The molecule has 2 N–H and O–H groups in total. The third kappa shape index (κ3) is 3.64. The minimum absolute atomic E-state index is 0.0728. The number of thiazole rings is 1. The van der Waals surface area contributed by atoms with Crippen molar-refractivity contribution in [2.75, 3.05) is 5.32 Å². The van der Waals surface area contributed by atoms with E-state index >= 15 is 0 Å². The predicted octanol–water partition coefficient (Wildman–Crippen LogP) is 5.82. The van der Waals surface area contributed by atoms with Crippen LogP contribution in [0.1, 0.15) is 20.8 Å². The summed E-state index contributed by atoms with van der Waals surface area (Å²) in [7, 11) is 0. The maximum absolute atomic E-state index is 12.6. The van der Waals surface area contributed by atoms with Crippen molar-refractivity contribution in [1.29, 1.82) is 0 Å². The van der Waals surface area contributed by atoms with E-state index in [0.29, 0.717) is 5.56 Å². The normalized spacial score (nSPS) is 12.6. The van der Waals surface area contributed by atoms with Crippen molar-refractivity contribution in [3.05, 3.63) is 88.9 Å². The molecule has 1 aliphatic rings. The van der Waals surface area contributed by atoms with Crippen LogP contribution in [0, 0.1) is 0 Å². The molecule has 1 aliphatic heterocycles. The van der Waals surface area contributed by atoms with Crippen molar-refractivity contribution in [1.82, 2.24) is 4.98 Å². The summed E-state index contributed by atoms with van der Waals surface area (Å²) in [6, 6.07) is 21.0. The summed E-state index contributed by atoms with van der Waals surface area (Å²) in [6.07, 6.45) is 2.64. The number of nitrogens with one attached hydrogen (secondary N) is 1. The van der Waals surface area contributed by atoms with Gasteiger partial charge in [0.1, 0.15) is 10.8 Å². The van der Waals surface area contributed by atoms with Gasteiger partial charge in [0.25, 0.3) is 5.91 Å². The number of hydrogen-bond donors (Lipinski definition) is 2. The first-order chi connectivity index (χ1) is 14.2. The van der Waals surface area contributed by atoms with Gasteiger partial charge in [0.2, 0.25) is 0 Å². The number of rotatable bonds is 3. The van der Waals surface area contributed by atoms with Gasteiger partial charge in [0, 0.05) is 32.8 Å². The highest BCUT2D eigenvalue weighted by atomic mass is 32.2. The lowest BCUT2D eigenvalue weighted by Crippen LogP contribution is -2.11. The summed E-state index contributed by atoms with van der Waals surface area (Å²) in [5.74, 6) is 0.175. The Bertz CT molecular complexity index is 1220. The van der Waals surface area contributed by atoms with Gasteiger partial charge in [-0.05, 0) is 54.1 Å². The zero-order valence-electron chi connectivity index (χ0n) is 15.3. The molecule has 0 spiro atoms. The van der Waals surface area contributed by atoms with Gasteiger partial charge >= 0.3 is 0 Å².